The molecule has 15 heteroatoms. The Bertz CT molecular complexity index is 2610. The molecule has 7 aromatic rings. The number of aliphatic hydroxyl groups is 3. The van der Waals surface area contributed by atoms with E-state index in [0.717, 1.165) is 55.9 Å². The molecule has 1 aliphatic rings. The van der Waals surface area contributed by atoms with Gasteiger partial charge in [-0.3, -0.25) is 9.88 Å². The van der Waals surface area contributed by atoms with Crippen molar-refractivity contribution in [2.45, 2.75) is 44.2 Å². The summed E-state index contributed by atoms with van der Waals surface area (Å²) in [6.45, 7) is -0.560. The number of alkyl halides is 2. The topological polar surface area (TPSA) is 169 Å². The van der Waals surface area contributed by atoms with E-state index in [4.69, 9.17) is 36.0 Å². The summed E-state index contributed by atoms with van der Waals surface area (Å²) in [4.78, 5) is 38.4. The summed E-state index contributed by atoms with van der Waals surface area (Å²) in [6, 6.07) is 42.1. The Labute approximate surface area is 340 Å². The molecule has 3 atom stereocenters. The average molecular weight is 826 g/mol. The van der Waals surface area contributed by atoms with Gasteiger partial charge in [-0.05, 0) is 55.1 Å². The molecule has 0 spiro atoms. The van der Waals surface area contributed by atoms with Crippen molar-refractivity contribution < 1.29 is 47.9 Å². The molecule has 1 amide bonds. The third-order valence-electron chi connectivity index (χ3n) is 9.38. The molecule has 0 bridgehead atoms. The normalized spacial score (nSPS) is 16.7. The molecule has 1 fully saturated rings. The molecule has 0 saturated carbocycles. The second-order valence-electron chi connectivity index (χ2n) is 13.1. The van der Waals surface area contributed by atoms with E-state index in [1.807, 2.05) is 115 Å². The molecular formula is C44H38ClF2N3O9. The molecule has 1 aromatic heterocycles. The lowest BCUT2D eigenvalue weighted by atomic mass is 10.1. The summed E-state index contributed by atoms with van der Waals surface area (Å²) in [6.07, 6.45) is -5.93. The van der Waals surface area contributed by atoms with Gasteiger partial charge in [-0.1, -0.05) is 127 Å². The van der Waals surface area contributed by atoms with Crippen molar-refractivity contribution >= 4 is 61.3 Å². The fourth-order valence-corrected chi connectivity index (χ4v) is 6.52. The molecule has 2 heterocycles. The maximum absolute atomic E-state index is 14.2. The number of nitrogens with one attached hydrogen (secondary N) is 1. The Balaban J connectivity index is 0.000000177. The summed E-state index contributed by atoms with van der Waals surface area (Å²) in [7, 11) is 0. The van der Waals surface area contributed by atoms with Crippen LogP contribution in [0.25, 0.3) is 32.3 Å². The highest BCUT2D eigenvalue weighted by atomic mass is 35.5. The monoisotopic (exact) mass is 825 g/mol. The van der Waals surface area contributed by atoms with Gasteiger partial charge in [-0.15, -0.1) is 0 Å². The molecule has 8 rings (SSSR count). The first kappa shape index (κ1) is 42.3. The number of benzene rings is 6. The van der Waals surface area contributed by atoms with E-state index in [1.54, 1.807) is 0 Å². The fourth-order valence-electron chi connectivity index (χ4n) is 6.46. The number of hydrogen-bond donors (Lipinski definition) is 4. The van der Waals surface area contributed by atoms with Gasteiger partial charge in [0.15, 0.2) is 6.10 Å². The van der Waals surface area contributed by atoms with Gasteiger partial charge in [-0.2, -0.15) is 13.8 Å². The maximum atomic E-state index is 14.2. The number of halogens is 3. The summed E-state index contributed by atoms with van der Waals surface area (Å²) in [5, 5.41) is 36.4. The standard InChI is InChI=1S/C21H19F2N3O6.C12H9ClO2.C11H10O/c22-21(23)17(28)15(10-27)32-18(21)26-9-8-16(24-19(26)29)25-20(30)31-11-13-6-3-5-12-4-1-2-7-14(12)13;13-12(14)15-8-10-6-3-5-9-4-1-2-7-11(9)10;12-8-10-6-3-5-9-4-1-2-7-11(9)10/h1-9,15,17-18,27-28H,10-11H2,(H,24,25,29,30);1-7H,8H2;1-7,12H,8H2. The number of nitrogens with zero attached hydrogens (tertiary/aromatic N) is 2. The number of rotatable bonds is 8. The number of anilines is 1. The summed E-state index contributed by atoms with van der Waals surface area (Å²) < 4.78 is 43.8. The molecule has 12 nitrogen and oxygen atoms in total. The van der Waals surface area contributed by atoms with Crippen molar-refractivity contribution in [3.05, 3.63) is 167 Å². The van der Waals surface area contributed by atoms with E-state index in [0.29, 0.717) is 4.57 Å². The molecule has 59 heavy (non-hydrogen) atoms. The summed E-state index contributed by atoms with van der Waals surface area (Å²) in [5.74, 6) is -4.04. The van der Waals surface area contributed by atoms with E-state index < -0.39 is 48.2 Å². The van der Waals surface area contributed by atoms with Crippen molar-refractivity contribution in [1.29, 1.82) is 0 Å². The van der Waals surface area contributed by atoms with Gasteiger partial charge in [0.05, 0.1) is 13.2 Å². The number of aromatic nitrogens is 2. The predicted octanol–water partition coefficient (Wildman–Crippen LogP) is 8.08. The fraction of sp³-hybridized carbons (Fsp3) is 0.182. The average Bonchev–Trinajstić information content (AvgIpc) is 3.48. The van der Waals surface area contributed by atoms with Gasteiger partial charge in [0.2, 0.25) is 6.23 Å². The Kier molecular flexibility index (Phi) is 13.9. The van der Waals surface area contributed by atoms with Gasteiger partial charge in [0.25, 0.3) is 0 Å². The van der Waals surface area contributed by atoms with Crippen molar-refractivity contribution in [2.24, 2.45) is 0 Å². The first-order valence-electron chi connectivity index (χ1n) is 18.2. The van der Waals surface area contributed by atoms with E-state index >= 15 is 0 Å². The third-order valence-corrected chi connectivity index (χ3v) is 9.49. The molecule has 304 valence electrons. The number of hydrogen-bond acceptors (Lipinski definition) is 10. The Morgan fingerprint density at radius 2 is 1.20 bits per heavy atom. The highest BCUT2D eigenvalue weighted by Gasteiger charge is 2.59. The van der Waals surface area contributed by atoms with Crippen LogP contribution in [0.15, 0.2) is 144 Å². The molecule has 1 aliphatic heterocycles. The summed E-state index contributed by atoms with van der Waals surface area (Å²) in [5.41, 5.74) is 0.810. The van der Waals surface area contributed by atoms with Crippen LogP contribution < -0.4 is 11.0 Å². The van der Waals surface area contributed by atoms with Crippen LogP contribution in [-0.2, 0) is 34.0 Å². The lowest BCUT2D eigenvalue weighted by molar-refractivity contribution is -0.140. The van der Waals surface area contributed by atoms with Crippen molar-refractivity contribution in [3.8, 4) is 0 Å². The van der Waals surface area contributed by atoms with E-state index in [9.17, 15) is 28.3 Å². The largest absolute Gasteiger partial charge is 0.449 e. The molecule has 0 radical (unpaired) electrons. The second kappa shape index (κ2) is 19.4. The summed E-state index contributed by atoms with van der Waals surface area (Å²) >= 11 is 5.12. The van der Waals surface area contributed by atoms with Crippen LogP contribution in [0.3, 0.4) is 0 Å². The first-order chi connectivity index (χ1) is 28.5. The van der Waals surface area contributed by atoms with Crippen LogP contribution in [-0.4, -0.2) is 61.1 Å². The molecule has 6 aromatic carbocycles. The number of aliphatic hydroxyl groups excluding tert-OH is 3. The minimum atomic E-state index is -3.83. The highest BCUT2D eigenvalue weighted by Crippen LogP contribution is 2.42. The zero-order chi connectivity index (χ0) is 41.9. The van der Waals surface area contributed by atoms with E-state index in [2.05, 4.69) is 22.4 Å². The number of fused-ring (bicyclic) bond motifs is 3. The molecule has 3 unspecified atom stereocenters. The van der Waals surface area contributed by atoms with E-state index in [1.165, 1.54) is 5.39 Å². The van der Waals surface area contributed by atoms with Gasteiger partial charge in [0.1, 0.15) is 25.1 Å². The Morgan fingerprint density at radius 3 is 1.68 bits per heavy atom. The lowest BCUT2D eigenvalue weighted by Gasteiger charge is -2.21. The molecular weight excluding hydrogens is 788 g/mol. The minimum absolute atomic E-state index is 0.0349. The molecule has 0 aliphatic carbocycles. The SMILES string of the molecule is O=C(Cl)OCc1cccc2ccccc12.O=C(Nc1ccn(C2OC(CO)C(O)C2(F)F)c(=O)n1)OCc1cccc2ccccc12.OCc1cccc2ccccc12. The third kappa shape index (κ3) is 10.2. The number of carbonyl (C=O) groups excluding carboxylic acids is 2. The van der Waals surface area contributed by atoms with Gasteiger partial charge in [0, 0.05) is 17.8 Å². The van der Waals surface area contributed by atoms with E-state index in [-0.39, 0.29) is 25.6 Å². The van der Waals surface area contributed by atoms with Crippen molar-refractivity contribution in [2.75, 3.05) is 11.9 Å². The zero-order valence-corrected chi connectivity index (χ0v) is 31.9. The van der Waals surface area contributed by atoms with Gasteiger partial charge < -0.3 is 29.5 Å². The van der Waals surface area contributed by atoms with Gasteiger partial charge in [-0.25, -0.2) is 14.4 Å². The molecule has 1 saturated heterocycles. The van der Waals surface area contributed by atoms with Crippen LogP contribution in [0.2, 0.25) is 0 Å². The predicted molar refractivity (Wildman–Crippen MR) is 218 cm³/mol. The lowest BCUT2D eigenvalue weighted by Crippen LogP contribution is -2.41. The Morgan fingerprint density at radius 1 is 0.729 bits per heavy atom. The van der Waals surface area contributed by atoms with Crippen LogP contribution >= 0.6 is 11.6 Å². The maximum Gasteiger partial charge on any atom is 0.413 e. The van der Waals surface area contributed by atoms with Crippen LogP contribution in [0.5, 0.6) is 0 Å². The molecule has 4 N–H and O–H groups in total. The highest BCUT2D eigenvalue weighted by molar-refractivity contribution is 6.61. The number of amides is 1. The van der Waals surface area contributed by atoms with Crippen LogP contribution in [0.1, 0.15) is 22.9 Å². The minimum Gasteiger partial charge on any atom is -0.449 e. The Hall–Kier alpha value is -6.29. The van der Waals surface area contributed by atoms with Crippen LogP contribution in [0, 0.1) is 0 Å². The quantitative estimate of drug-likeness (QED) is 0.110. The first-order valence-corrected chi connectivity index (χ1v) is 18.6. The number of ether oxygens (including phenoxy) is 3. The second-order valence-corrected chi connectivity index (χ2v) is 13.4. The van der Waals surface area contributed by atoms with Gasteiger partial charge >= 0.3 is 23.1 Å². The zero-order valence-electron chi connectivity index (χ0n) is 31.2. The van der Waals surface area contributed by atoms with Crippen molar-refractivity contribution in [1.82, 2.24) is 9.55 Å². The van der Waals surface area contributed by atoms with Crippen molar-refractivity contribution in [3.63, 3.8) is 0 Å². The smallest absolute Gasteiger partial charge is 0.413 e. The van der Waals surface area contributed by atoms with Crippen LogP contribution in [0.4, 0.5) is 24.2 Å². The number of carbonyl (C=O) groups is 2.